The highest BCUT2D eigenvalue weighted by atomic mass is 32.1. The fourth-order valence-corrected chi connectivity index (χ4v) is 8.78. The van der Waals surface area contributed by atoms with Crippen LogP contribution in [0.25, 0.3) is 33.4 Å². The van der Waals surface area contributed by atoms with Crippen LogP contribution in [0.2, 0.25) is 0 Å². The first kappa shape index (κ1) is 41.3. The summed E-state index contributed by atoms with van der Waals surface area (Å²) >= 11 is 2.81. The molecular weight excluding hydrogens is 843 g/mol. The summed E-state index contributed by atoms with van der Waals surface area (Å²) in [4.78, 5) is 40.5. The molecule has 6 aromatic rings. The quantitative estimate of drug-likeness (QED) is 0.0476. The molecule has 0 saturated carbocycles. The molecule has 8 rings (SSSR count). The molecule has 0 atom stereocenters. The highest BCUT2D eigenvalue weighted by Gasteiger charge is 2.36. The third-order valence-electron chi connectivity index (χ3n) is 9.96. The Morgan fingerprint density at radius 3 is 1.75 bits per heavy atom. The first-order valence-electron chi connectivity index (χ1n) is 18.4. The second-order valence-electron chi connectivity index (χ2n) is 14.0. The van der Waals surface area contributed by atoms with Gasteiger partial charge in [-0.05, 0) is 59.3 Å². The van der Waals surface area contributed by atoms with Gasteiger partial charge in [0.25, 0.3) is 0 Å². The lowest BCUT2D eigenvalue weighted by molar-refractivity contribution is 0.0690. The zero-order chi connectivity index (χ0) is 42.9. The van der Waals surface area contributed by atoms with Crippen LogP contribution >= 0.6 is 22.7 Å². The van der Waals surface area contributed by atoms with E-state index in [1.54, 1.807) is 58.6 Å². The molecule has 2 aliphatic rings. The fraction of sp³-hybridized carbons (Fsp3) is 0.136. The first-order valence-corrected chi connectivity index (χ1v) is 20.2. The summed E-state index contributed by atoms with van der Waals surface area (Å²) < 4.78 is 101. The summed E-state index contributed by atoms with van der Waals surface area (Å²) in [5, 5.41) is 24.7. The number of rotatable bonds is 14. The molecule has 1 aliphatic carbocycles. The van der Waals surface area contributed by atoms with Gasteiger partial charge in [0.15, 0.2) is 40.7 Å². The Morgan fingerprint density at radius 2 is 1.23 bits per heavy atom. The van der Waals surface area contributed by atoms with Gasteiger partial charge in [-0.1, -0.05) is 24.3 Å². The van der Waals surface area contributed by atoms with E-state index in [0.717, 1.165) is 9.75 Å². The lowest BCUT2D eigenvalue weighted by Crippen LogP contribution is -2.28. The maximum atomic E-state index is 16.3. The van der Waals surface area contributed by atoms with Crippen LogP contribution in [0.3, 0.4) is 0 Å². The molecule has 2 N–H and O–H groups in total. The molecule has 0 radical (unpaired) electrons. The summed E-state index contributed by atoms with van der Waals surface area (Å²) in [6.07, 6.45) is 3.12. The second-order valence-corrected chi connectivity index (χ2v) is 16.0. The van der Waals surface area contributed by atoms with E-state index in [0.29, 0.717) is 23.5 Å². The molecule has 310 valence electrons. The maximum absolute atomic E-state index is 16.3. The van der Waals surface area contributed by atoms with Gasteiger partial charge in [-0.2, -0.15) is 0 Å². The Hall–Kier alpha value is -6.40. The van der Waals surface area contributed by atoms with Crippen LogP contribution in [-0.2, 0) is 39.3 Å². The highest BCUT2D eigenvalue weighted by molar-refractivity contribution is 7.10. The van der Waals surface area contributed by atoms with Crippen molar-refractivity contribution in [2.45, 2.75) is 39.3 Å². The number of carboxylic acids is 1. The average molecular weight is 873 g/mol. The zero-order valence-corrected chi connectivity index (χ0v) is 33.1. The zero-order valence-electron chi connectivity index (χ0n) is 31.5. The van der Waals surface area contributed by atoms with Gasteiger partial charge in [0.05, 0.1) is 22.5 Å². The molecule has 9 nitrogen and oxygen atoms in total. The van der Waals surface area contributed by atoms with Crippen molar-refractivity contribution in [1.82, 2.24) is 19.8 Å². The van der Waals surface area contributed by atoms with Crippen molar-refractivity contribution in [1.29, 1.82) is 0 Å². The summed E-state index contributed by atoms with van der Waals surface area (Å²) in [6.45, 7) is -0.0939. The number of aromatic hydroxyl groups is 1. The van der Waals surface area contributed by atoms with Crippen LogP contribution < -0.4 is 5.43 Å². The van der Waals surface area contributed by atoms with Crippen LogP contribution in [0.1, 0.15) is 42.6 Å². The number of carbonyl (C=O) groups is 1. The van der Waals surface area contributed by atoms with E-state index in [4.69, 9.17) is 4.42 Å². The molecule has 0 fully saturated rings. The number of aromatic nitrogens is 2. The third kappa shape index (κ3) is 8.24. The number of hydrogen-bond acceptors (Lipinski definition) is 10. The minimum absolute atomic E-state index is 0.102. The lowest BCUT2D eigenvalue weighted by Gasteiger charge is -2.26. The largest absolute Gasteiger partial charge is 0.504 e. The standard InChI is InChI=1S/C44H30F6N4O5S2/c45-31-15-27-33(34-35(44(57)58)37(48)39(50)38(49)36(34)47)28-16-32(46)41(56)30(22-54(20-26-10-6-14-61-26)18-24-8-2-4-12-52-24)43(28)59-42(27)29(40(31)55)21-53(19-25-9-5-13-60-25)17-23-7-1-3-11-51-23/h1-16,55H,17-22H2,(H,57,58). The van der Waals surface area contributed by atoms with Crippen LogP contribution in [0.5, 0.6) is 5.75 Å². The van der Waals surface area contributed by atoms with E-state index in [1.807, 2.05) is 35.0 Å². The molecule has 2 aromatic carbocycles. The van der Waals surface area contributed by atoms with Gasteiger partial charge in [0.2, 0.25) is 5.43 Å². The number of carboxylic acid groups (broad SMARTS) is 1. The molecule has 4 aromatic heterocycles. The van der Waals surface area contributed by atoms with Crippen LogP contribution in [0.15, 0.2) is 105 Å². The highest BCUT2D eigenvalue weighted by Crippen LogP contribution is 2.48. The number of phenolic OH excluding ortho intramolecular Hbond substituents is 1. The van der Waals surface area contributed by atoms with Crippen molar-refractivity contribution in [2.75, 3.05) is 0 Å². The summed E-state index contributed by atoms with van der Waals surface area (Å²) in [7, 11) is 0. The molecule has 17 heteroatoms. The minimum Gasteiger partial charge on any atom is -0.504 e. The SMILES string of the molecule is O=C(O)c1c(F)c(F)c(F)c(F)c1-c1c2cc(F)c(=O)c(CN(Cc3ccccn3)Cc3cccs3)c-2oc2c(CN(Cc3ccccn3)Cc3cccs3)c(O)c(F)cc12. The Morgan fingerprint density at radius 1 is 0.656 bits per heavy atom. The number of aromatic carboxylic acids is 1. The molecule has 0 saturated heterocycles. The Labute approximate surface area is 350 Å². The van der Waals surface area contributed by atoms with Gasteiger partial charge in [-0.15, -0.1) is 22.7 Å². The normalized spacial score (nSPS) is 11.7. The number of fused-ring (bicyclic) bond motifs is 2. The van der Waals surface area contributed by atoms with E-state index in [2.05, 4.69) is 9.97 Å². The van der Waals surface area contributed by atoms with Crippen molar-refractivity contribution < 1.29 is 45.8 Å². The monoisotopic (exact) mass is 872 g/mol. The number of pyridine rings is 2. The summed E-state index contributed by atoms with van der Waals surface area (Å²) in [5.74, 6) is -15.9. The van der Waals surface area contributed by atoms with Crippen LogP contribution in [0.4, 0.5) is 26.3 Å². The van der Waals surface area contributed by atoms with Crippen molar-refractivity contribution in [3.05, 3.63) is 179 Å². The molecular formula is C44H30F6N4O5S2. The molecule has 0 spiro atoms. The Kier molecular flexibility index (Phi) is 11.7. The third-order valence-corrected chi connectivity index (χ3v) is 11.7. The molecule has 1 aliphatic heterocycles. The van der Waals surface area contributed by atoms with Gasteiger partial charge in [0, 0.05) is 83.5 Å². The van der Waals surface area contributed by atoms with E-state index in [1.165, 1.54) is 22.7 Å². The fourth-order valence-electron chi connectivity index (χ4n) is 7.29. The molecule has 0 bridgehead atoms. The number of hydrogen-bond donors (Lipinski definition) is 2. The Bertz CT molecular complexity index is 2920. The van der Waals surface area contributed by atoms with Gasteiger partial charge in [-0.3, -0.25) is 24.6 Å². The number of phenols is 1. The van der Waals surface area contributed by atoms with E-state index in [9.17, 15) is 24.2 Å². The lowest BCUT2D eigenvalue weighted by atomic mass is 9.87. The number of nitrogens with zero attached hydrogens (tertiary/aromatic N) is 4. The predicted molar refractivity (Wildman–Crippen MR) is 216 cm³/mol. The molecule has 61 heavy (non-hydrogen) atoms. The number of benzene rings is 3. The van der Waals surface area contributed by atoms with Crippen LogP contribution in [-0.4, -0.2) is 36.0 Å². The molecule has 5 heterocycles. The maximum Gasteiger partial charge on any atom is 0.339 e. The van der Waals surface area contributed by atoms with Gasteiger partial charge < -0.3 is 14.6 Å². The van der Waals surface area contributed by atoms with E-state index in [-0.39, 0.29) is 44.8 Å². The smallest absolute Gasteiger partial charge is 0.339 e. The summed E-state index contributed by atoms with van der Waals surface area (Å²) in [6, 6.07) is 18.8. The van der Waals surface area contributed by atoms with E-state index >= 15 is 22.0 Å². The van der Waals surface area contributed by atoms with Crippen molar-refractivity contribution in [3.8, 4) is 28.2 Å². The first-order chi connectivity index (χ1) is 29.4. The topological polar surface area (TPSA) is 120 Å². The number of halogens is 6. The summed E-state index contributed by atoms with van der Waals surface area (Å²) in [5.41, 5.74) is -5.80. The minimum atomic E-state index is -2.44. The van der Waals surface area contributed by atoms with Gasteiger partial charge in [-0.25, -0.2) is 31.1 Å². The van der Waals surface area contributed by atoms with Gasteiger partial charge in [0.1, 0.15) is 16.9 Å². The van der Waals surface area contributed by atoms with E-state index < -0.39 is 96.6 Å². The van der Waals surface area contributed by atoms with Crippen molar-refractivity contribution >= 4 is 39.6 Å². The second kappa shape index (κ2) is 17.3. The number of thiophene rings is 2. The average Bonchev–Trinajstić information content (AvgIpc) is 3.97. The molecule has 0 unspecified atom stereocenters. The van der Waals surface area contributed by atoms with Crippen LogP contribution in [0, 0.1) is 34.9 Å². The molecule has 0 amide bonds. The van der Waals surface area contributed by atoms with Gasteiger partial charge >= 0.3 is 5.97 Å². The van der Waals surface area contributed by atoms with Crippen molar-refractivity contribution in [3.63, 3.8) is 0 Å². The Balaban J connectivity index is 1.43. The predicted octanol–water partition coefficient (Wildman–Crippen LogP) is 10.1. The van der Waals surface area contributed by atoms with Crippen molar-refractivity contribution in [2.24, 2.45) is 0 Å².